The summed E-state index contributed by atoms with van der Waals surface area (Å²) in [5.41, 5.74) is 1.81. The molecule has 1 aromatic rings. The van der Waals surface area contributed by atoms with Crippen LogP contribution in [0.1, 0.15) is 76.1 Å². The van der Waals surface area contributed by atoms with Crippen LogP contribution in [0.15, 0.2) is 53.1 Å². The van der Waals surface area contributed by atoms with E-state index in [-0.39, 0.29) is 17.9 Å². The standard InChI is InChI=1S/C43H65ClN4O7S/c1-6-55-43(30-46-20-22-47(23-21-46)38(28-52-4)29-53-5)18-9-10-31(2)32(3)56(50,51)45-42(49)34-14-17-41-40(25-34)48(26-35-13-16-39(35)43)19-8-7-11-33-24-37(44)15-12-36(33)27-54-41/h9,12,14-15,17-18,25,31-33,35,38-39H,6-8,10-11,13,16,19-24,26-30H2,1-5H3,(H,45,49)/b18-9+/t31-,32+,33?,35-,39+,43+/m0/s1. The van der Waals surface area contributed by atoms with Gasteiger partial charge >= 0.3 is 0 Å². The van der Waals surface area contributed by atoms with Crippen molar-refractivity contribution in [3.05, 3.63) is 58.7 Å². The number of nitrogens with zero attached hydrogens (tertiary/aromatic N) is 3. The topological polar surface area (TPSA) is 110 Å². The molecule has 3 aliphatic heterocycles. The third kappa shape index (κ3) is 10.2. The van der Waals surface area contributed by atoms with Crippen LogP contribution in [0, 0.1) is 23.7 Å². The first-order valence-corrected chi connectivity index (χ1v) is 22.8. The molecule has 13 heteroatoms. The Balaban J connectivity index is 1.35. The Kier molecular flexibility index (Phi) is 15.0. The van der Waals surface area contributed by atoms with Crippen molar-refractivity contribution in [2.75, 3.05) is 91.4 Å². The van der Waals surface area contributed by atoms with E-state index >= 15 is 0 Å². The lowest BCUT2D eigenvalue weighted by Crippen LogP contribution is -2.60. The van der Waals surface area contributed by atoms with Gasteiger partial charge < -0.3 is 23.8 Å². The first kappa shape index (κ1) is 43.1. The van der Waals surface area contributed by atoms with Crippen molar-refractivity contribution in [3.8, 4) is 5.75 Å². The van der Waals surface area contributed by atoms with E-state index in [4.69, 9.17) is 30.5 Å². The number of halogens is 1. The zero-order valence-corrected chi connectivity index (χ0v) is 35.8. The van der Waals surface area contributed by atoms with Crippen LogP contribution in [0.5, 0.6) is 5.75 Å². The van der Waals surface area contributed by atoms with E-state index in [1.807, 2.05) is 25.1 Å². The van der Waals surface area contributed by atoms with Gasteiger partial charge in [-0.1, -0.05) is 43.2 Å². The Morgan fingerprint density at radius 1 is 1.02 bits per heavy atom. The summed E-state index contributed by atoms with van der Waals surface area (Å²) >= 11 is 6.50. The van der Waals surface area contributed by atoms with Crippen LogP contribution in [0.4, 0.5) is 5.69 Å². The molecule has 1 saturated carbocycles. The molecule has 6 rings (SSSR count). The van der Waals surface area contributed by atoms with E-state index in [1.165, 1.54) is 5.57 Å². The minimum Gasteiger partial charge on any atom is -0.487 e. The highest BCUT2D eigenvalue weighted by Gasteiger charge is 2.49. The van der Waals surface area contributed by atoms with Crippen LogP contribution in [-0.2, 0) is 24.2 Å². The number of ether oxygens (including phenoxy) is 4. The highest BCUT2D eigenvalue weighted by atomic mass is 35.5. The summed E-state index contributed by atoms with van der Waals surface area (Å²) in [7, 11) is -0.480. The molecule has 0 spiro atoms. The number of fused-ring (bicyclic) bond motifs is 3. The number of anilines is 1. The van der Waals surface area contributed by atoms with Crippen molar-refractivity contribution < 1.29 is 32.2 Å². The molecule has 1 amide bonds. The Morgan fingerprint density at radius 2 is 1.79 bits per heavy atom. The molecular weight excluding hydrogens is 752 g/mol. The van der Waals surface area contributed by atoms with Gasteiger partial charge in [-0.15, -0.1) is 0 Å². The number of carbonyl (C=O) groups excluding carboxylic acids is 1. The Bertz CT molecular complexity index is 1690. The molecule has 1 N–H and O–H groups in total. The fraction of sp³-hybridized carbons (Fsp3) is 0.698. The Labute approximate surface area is 340 Å². The van der Waals surface area contributed by atoms with Gasteiger partial charge in [-0.3, -0.25) is 14.6 Å². The summed E-state index contributed by atoms with van der Waals surface area (Å²) in [6.45, 7) is 14.0. The number of methoxy groups -OCH3 is 2. The summed E-state index contributed by atoms with van der Waals surface area (Å²) in [5, 5.41) is 0.0849. The summed E-state index contributed by atoms with van der Waals surface area (Å²) < 4.78 is 54.4. The average Bonchev–Trinajstić information content (AvgIpc) is 3.19. The maximum atomic E-state index is 13.7. The highest BCUT2D eigenvalue weighted by molar-refractivity contribution is 7.90. The lowest BCUT2D eigenvalue weighted by atomic mass is 9.63. The second-order valence-corrected chi connectivity index (χ2v) is 19.2. The molecule has 0 aromatic heterocycles. The van der Waals surface area contributed by atoms with Crippen molar-refractivity contribution >= 4 is 33.2 Å². The number of hydrogen-bond acceptors (Lipinski definition) is 10. The minimum absolute atomic E-state index is 0.217. The van der Waals surface area contributed by atoms with E-state index < -0.39 is 26.8 Å². The summed E-state index contributed by atoms with van der Waals surface area (Å²) in [4.78, 5) is 21.1. The van der Waals surface area contributed by atoms with Gasteiger partial charge in [0.15, 0.2) is 0 Å². The third-order valence-corrected chi connectivity index (χ3v) is 15.3. The van der Waals surface area contributed by atoms with Gasteiger partial charge in [0, 0.05) is 77.2 Å². The number of piperazine rings is 1. The average molecular weight is 818 g/mol. The van der Waals surface area contributed by atoms with Crippen LogP contribution in [-0.4, -0.2) is 127 Å². The zero-order chi connectivity index (χ0) is 39.9. The zero-order valence-electron chi connectivity index (χ0n) is 34.2. The fourth-order valence-electron chi connectivity index (χ4n) is 9.43. The number of benzene rings is 1. The molecule has 1 aromatic carbocycles. The first-order valence-electron chi connectivity index (χ1n) is 20.9. The fourth-order valence-corrected chi connectivity index (χ4v) is 11.0. The van der Waals surface area contributed by atoms with Crippen LogP contribution in [0.25, 0.3) is 0 Å². The number of hydrogen-bond donors (Lipinski definition) is 1. The number of nitrogens with one attached hydrogen (secondary N) is 1. The molecule has 1 saturated heterocycles. The second-order valence-electron chi connectivity index (χ2n) is 16.7. The van der Waals surface area contributed by atoms with Crippen molar-refractivity contribution in [1.82, 2.24) is 14.5 Å². The summed E-state index contributed by atoms with van der Waals surface area (Å²) in [6, 6.07) is 5.58. The largest absolute Gasteiger partial charge is 0.487 e. The smallest absolute Gasteiger partial charge is 0.264 e. The van der Waals surface area contributed by atoms with Gasteiger partial charge in [-0.05, 0) is 106 Å². The van der Waals surface area contributed by atoms with Crippen molar-refractivity contribution in [1.29, 1.82) is 0 Å². The molecule has 3 heterocycles. The van der Waals surface area contributed by atoms with Gasteiger partial charge in [-0.2, -0.15) is 0 Å². The van der Waals surface area contributed by atoms with Gasteiger partial charge in [0.05, 0.1) is 30.2 Å². The lowest BCUT2D eigenvalue weighted by molar-refractivity contribution is -0.114. The molecule has 56 heavy (non-hydrogen) atoms. The van der Waals surface area contributed by atoms with E-state index in [0.717, 1.165) is 95.1 Å². The van der Waals surface area contributed by atoms with Crippen molar-refractivity contribution in [2.45, 2.75) is 82.6 Å². The SMILES string of the molecule is CCO[C@@]1(CN2CCN(C(COC)COC)CC2)/C=C/C[C@H](C)[C@@H](C)S(=O)(=O)NC(=O)c2ccc3c(c2)N(CCCCC2CC(Cl)=CC=C2CO3)C[C@@H]2CC[C@H]21. The van der Waals surface area contributed by atoms with Gasteiger partial charge in [-0.25, -0.2) is 13.1 Å². The van der Waals surface area contributed by atoms with E-state index in [1.54, 1.807) is 27.2 Å². The predicted molar refractivity (Wildman–Crippen MR) is 223 cm³/mol. The van der Waals surface area contributed by atoms with Gasteiger partial charge in [0.2, 0.25) is 10.0 Å². The molecular formula is C43H65ClN4O7S. The third-order valence-electron chi connectivity index (χ3n) is 13.1. The normalized spacial score (nSPS) is 31.4. The molecule has 0 radical (unpaired) electrons. The van der Waals surface area contributed by atoms with Crippen molar-refractivity contribution in [3.63, 3.8) is 0 Å². The quantitative estimate of drug-likeness (QED) is 0.288. The Morgan fingerprint density at radius 3 is 2.48 bits per heavy atom. The maximum Gasteiger partial charge on any atom is 0.264 e. The molecule has 11 nitrogen and oxygen atoms in total. The van der Waals surface area contributed by atoms with Gasteiger partial charge in [0.1, 0.15) is 18.0 Å². The number of allylic oxidation sites excluding steroid dienone is 4. The summed E-state index contributed by atoms with van der Waals surface area (Å²) in [5.74, 6) is 0.770. The number of rotatable bonds is 9. The molecule has 6 atom stereocenters. The monoisotopic (exact) mass is 816 g/mol. The molecule has 5 aliphatic rings. The predicted octanol–water partition coefficient (Wildman–Crippen LogP) is 6.25. The second kappa shape index (κ2) is 19.5. The van der Waals surface area contributed by atoms with E-state index in [9.17, 15) is 13.2 Å². The highest BCUT2D eigenvalue weighted by Crippen LogP contribution is 2.47. The van der Waals surface area contributed by atoms with Crippen molar-refractivity contribution in [2.24, 2.45) is 23.7 Å². The summed E-state index contributed by atoms with van der Waals surface area (Å²) in [6.07, 6.45) is 15.0. The van der Waals surface area contributed by atoms with E-state index in [2.05, 4.69) is 44.6 Å². The van der Waals surface area contributed by atoms with Crippen LogP contribution in [0.2, 0.25) is 0 Å². The van der Waals surface area contributed by atoms with Crippen LogP contribution < -0.4 is 14.4 Å². The van der Waals surface area contributed by atoms with Gasteiger partial charge in [0.25, 0.3) is 5.91 Å². The van der Waals surface area contributed by atoms with E-state index in [0.29, 0.717) is 56.0 Å². The molecule has 1 unspecified atom stereocenters. The van der Waals surface area contributed by atoms with Crippen LogP contribution >= 0.6 is 11.6 Å². The maximum absolute atomic E-state index is 13.7. The number of carbonyl (C=O) groups is 1. The minimum atomic E-state index is -3.97. The molecule has 2 aliphatic carbocycles. The molecule has 312 valence electrons. The Hall–Kier alpha value is -2.45. The number of sulfonamides is 1. The first-order chi connectivity index (χ1) is 27.0. The van der Waals surface area contributed by atoms with Crippen LogP contribution in [0.3, 0.4) is 0 Å². The molecule has 2 bridgehead atoms. The lowest BCUT2D eigenvalue weighted by Gasteiger charge is -2.52. The number of amides is 1. The molecule has 2 fully saturated rings.